The molecule has 0 radical (unpaired) electrons. The van der Waals surface area contributed by atoms with Gasteiger partial charge < -0.3 is 10.7 Å². The Kier molecular flexibility index (Phi) is 2.94. The van der Waals surface area contributed by atoms with E-state index in [9.17, 15) is 9.70 Å². The number of rotatable bonds is 2. The summed E-state index contributed by atoms with van der Waals surface area (Å²) in [5.41, 5.74) is -0.655. The van der Waals surface area contributed by atoms with Crippen LogP contribution in [0.4, 0.5) is 0 Å². The molecule has 0 spiro atoms. The molecule has 0 atom stereocenters. The van der Waals surface area contributed by atoms with Crippen LogP contribution in [0.1, 0.15) is 0 Å². The molecule has 9 heavy (non-hydrogen) atoms. The predicted molar refractivity (Wildman–Crippen MR) is 31.7 cm³/mol. The fourth-order valence-electron chi connectivity index (χ4n) is 0.231. The van der Waals surface area contributed by atoms with E-state index in [1.54, 1.807) is 0 Å². The minimum atomic E-state index is -0.757. The zero-order valence-electron chi connectivity index (χ0n) is 4.71. The molecule has 1 N–H and O–H groups in total. The van der Waals surface area contributed by atoms with Crippen molar-refractivity contribution in [1.29, 1.82) is 0 Å². The Morgan fingerprint density at radius 3 is 2.44 bits per heavy atom. The van der Waals surface area contributed by atoms with Gasteiger partial charge in [0.25, 0.3) is 5.91 Å². The van der Waals surface area contributed by atoms with E-state index in [-0.39, 0.29) is 0 Å². The van der Waals surface area contributed by atoms with Crippen molar-refractivity contribution in [1.82, 2.24) is 5.32 Å². The normalized spacial score (nSPS) is 7.22. The molecule has 0 aromatic heterocycles. The van der Waals surface area contributed by atoms with Gasteiger partial charge in [-0.2, -0.15) is 0 Å². The largest absolute Gasteiger partial charge is 0.761 e. The van der Waals surface area contributed by atoms with Gasteiger partial charge in [-0.05, 0) is 5.18 Å². The van der Waals surface area contributed by atoms with Crippen molar-refractivity contribution >= 4 is 11.8 Å². The highest BCUT2D eigenvalue weighted by Gasteiger charge is 2.02. The van der Waals surface area contributed by atoms with Gasteiger partial charge in [0.15, 0.2) is 5.70 Å². The van der Waals surface area contributed by atoms with Gasteiger partial charge in [-0.15, -0.1) is 4.91 Å². The second kappa shape index (κ2) is 3.51. The van der Waals surface area contributed by atoms with Crippen LogP contribution in [-0.2, 0) is 4.79 Å². The minimum absolute atomic E-state index is 0.655. The first-order valence-electron chi connectivity index (χ1n) is 2.08. The van der Waals surface area contributed by atoms with Gasteiger partial charge >= 0.3 is 0 Å². The lowest BCUT2D eigenvalue weighted by atomic mass is 10.5. The van der Waals surface area contributed by atoms with Crippen LogP contribution in [0.5, 0.6) is 0 Å². The first kappa shape index (κ1) is 7.52. The third-order valence-corrected chi connectivity index (χ3v) is 0.639. The van der Waals surface area contributed by atoms with Crippen LogP contribution in [0.2, 0.25) is 0 Å². The van der Waals surface area contributed by atoms with Crippen LogP contribution in [0.25, 0.3) is 5.41 Å². The Hall–Kier alpha value is -1.48. The number of nitroso groups, excluding NO2 is 1. The van der Waals surface area contributed by atoms with Crippen LogP contribution in [0.3, 0.4) is 0 Å². The summed E-state index contributed by atoms with van der Waals surface area (Å²) in [4.78, 5) is 19.9. The zero-order valence-corrected chi connectivity index (χ0v) is 4.71. The van der Waals surface area contributed by atoms with Crippen molar-refractivity contribution in [3.63, 3.8) is 0 Å². The van der Waals surface area contributed by atoms with E-state index in [0.29, 0.717) is 0 Å². The molecule has 0 bridgehead atoms. The summed E-state index contributed by atoms with van der Waals surface area (Å²) in [7, 11) is 1.31. The molecule has 0 saturated heterocycles. The van der Waals surface area contributed by atoms with E-state index in [2.05, 4.69) is 10.5 Å². The Morgan fingerprint density at radius 2 is 2.33 bits per heavy atom. The number of carbonyl (C=O) groups excluding carboxylic acids is 1. The molecule has 48 valence electrons. The molecule has 0 heterocycles. The molecular formula is C4H4N3O2-. The summed E-state index contributed by atoms with van der Waals surface area (Å²) in [5, 5.41) is 12.2. The molecule has 0 saturated carbocycles. The standard InChI is InChI=1S/C4H4N3O2/c1-6-4(8)3(2-5)7-9/h1H3,(H,6,8)/q-1. The molecule has 0 fully saturated rings. The first-order valence-corrected chi connectivity index (χ1v) is 2.08. The maximum Gasteiger partial charge on any atom is 0.279 e. The van der Waals surface area contributed by atoms with Gasteiger partial charge in [0, 0.05) is 7.05 Å². The quantitative estimate of drug-likeness (QED) is 0.311. The van der Waals surface area contributed by atoms with Crippen molar-refractivity contribution in [2.45, 2.75) is 0 Å². The molecule has 0 aliphatic heterocycles. The smallest absolute Gasteiger partial charge is 0.279 e. The van der Waals surface area contributed by atoms with Crippen molar-refractivity contribution in [3.8, 4) is 0 Å². The van der Waals surface area contributed by atoms with E-state index in [1.165, 1.54) is 12.9 Å². The Labute approximate surface area is 51.2 Å². The third-order valence-electron chi connectivity index (χ3n) is 0.639. The van der Waals surface area contributed by atoms with Crippen LogP contribution in [0, 0.1) is 4.91 Å². The molecule has 5 nitrogen and oxygen atoms in total. The van der Waals surface area contributed by atoms with Gasteiger partial charge in [-0.1, -0.05) is 0 Å². The number of likely N-dealkylation sites (N-methyl/N-ethyl adjacent to an activating group) is 1. The molecule has 0 rings (SSSR count). The van der Waals surface area contributed by atoms with E-state index in [0.717, 1.165) is 0 Å². The first-order chi connectivity index (χ1) is 4.26. The monoisotopic (exact) mass is 126 g/mol. The van der Waals surface area contributed by atoms with Crippen LogP contribution in [-0.4, -0.2) is 18.8 Å². The fraction of sp³-hybridized carbons (Fsp3) is 0.250. The summed E-state index contributed by atoms with van der Waals surface area (Å²) >= 11 is 0. The number of carbonyl (C=O) groups is 1. The summed E-state index contributed by atoms with van der Waals surface area (Å²) < 4.78 is 0. The summed E-state index contributed by atoms with van der Waals surface area (Å²) in [6.45, 7) is 0. The number of hydrogen-bond donors (Lipinski definition) is 1. The number of amides is 1. The number of nitrogens with one attached hydrogen (secondary N) is 1. The van der Waals surface area contributed by atoms with Gasteiger partial charge in [-0.3, -0.25) is 4.79 Å². The Morgan fingerprint density at radius 1 is 1.78 bits per heavy atom. The van der Waals surface area contributed by atoms with E-state index < -0.39 is 11.6 Å². The lowest BCUT2D eigenvalue weighted by Gasteiger charge is -1.91. The maximum atomic E-state index is 10.3. The van der Waals surface area contributed by atoms with Gasteiger partial charge in [0.05, 0.1) is 0 Å². The average Bonchev–Trinajstić information content (AvgIpc) is 1.90. The minimum Gasteiger partial charge on any atom is -0.761 e. The molecule has 0 aliphatic carbocycles. The van der Waals surface area contributed by atoms with Gasteiger partial charge in [-0.25, -0.2) is 5.87 Å². The van der Waals surface area contributed by atoms with Crippen molar-refractivity contribution in [2.75, 3.05) is 7.05 Å². The van der Waals surface area contributed by atoms with Crippen LogP contribution >= 0.6 is 0 Å². The summed E-state index contributed by atoms with van der Waals surface area (Å²) in [5.74, 6) is 0.571. The van der Waals surface area contributed by atoms with E-state index >= 15 is 0 Å². The molecular weight excluding hydrogens is 122 g/mol. The SMILES string of the molecule is CNC(=O)C(=C=[N-])N=O. The highest BCUT2D eigenvalue weighted by atomic mass is 16.3. The fourth-order valence-corrected chi connectivity index (χ4v) is 0.231. The third kappa shape index (κ3) is 1.84. The van der Waals surface area contributed by atoms with Crippen LogP contribution in [0.15, 0.2) is 10.9 Å². The number of hydrogen-bond acceptors (Lipinski definition) is 3. The lowest BCUT2D eigenvalue weighted by molar-refractivity contribution is -0.116. The highest BCUT2D eigenvalue weighted by Crippen LogP contribution is 1.86. The van der Waals surface area contributed by atoms with Crippen molar-refractivity contribution < 1.29 is 4.79 Å². The molecule has 5 heteroatoms. The Bertz CT molecular complexity index is 180. The van der Waals surface area contributed by atoms with E-state index in [1.807, 2.05) is 0 Å². The van der Waals surface area contributed by atoms with E-state index in [4.69, 9.17) is 5.41 Å². The van der Waals surface area contributed by atoms with Gasteiger partial charge in [0.2, 0.25) is 0 Å². The van der Waals surface area contributed by atoms with Crippen molar-refractivity contribution in [2.24, 2.45) is 5.18 Å². The summed E-state index contributed by atoms with van der Waals surface area (Å²) in [6, 6.07) is 0. The maximum absolute atomic E-state index is 10.3. The van der Waals surface area contributed by atoms with Gasteiger partial charge in [0.1, 0.15) is 0 Å². The second-order valence-electron chi connectivity index (χ2n) is 1.13. The zero-order chi connectivity index (χ0) is 7.28. The van der Waals surface area contributed by atoms with Crippen LogP contribution < -0.4 is 5.32 Å². The molecule has 0 aromatic carbocycles. The summed E-state index contributed by atoms with van der Waals surface area (Å²) in [6.07, 6.45) is 0. The second-order valence-corrected chi connectivity index (χ2v) is 1.13. The molecule has 0 unspecified atom stereocenters. The average molecular weight is 126 g/mol. The highest BCUT2D eigenvalue weighted by molar-refractivity contribution is 6.01. The topological polar surface area (TPSA) is 80.8 Å². The Balaban J connectivity index is 4.32. The molecule has 1 amide bonds. The molecule has 0 aromatic rings. The molecule has 0 aliphatic rings. The van der Waals surface area contributed by atoms with Crippen molar-refractivity contribution in [3.05, 3.63) is 16.0 Å². The predicted octanol–water partition coefficient (Wildman–Crippen LogP) is -0.378. The number of nitrogens with zero attached hydrogens (tertiary/aromatic N) is 2. The lowest BCUT2D eigenvalue weighted by Crippen LogP contribution is -2.18.